The van der Waals surface area contributed by atoms with E-state index in [1.807, 2.05) is 0 Å². The number of guanidine groups is 1. The van der Waals surface area contributed by atoms with Crippen molar-refractivity contribution < 1.29 is 4.74 Å². The molecule has 0 unspecified atom stereocenters. The maximum atomic E-state index is 5.32. The lowest BCUT2D eigenvalue weighted by Crippen LogP contribution is -2.40. The first-order chi connectivity index (χ1) is 8.38. The third-order valence-electron chi connectivity index (χ3n) is 3.05. The Kier molecular flexibility index (Phi) is 5.07. The van der Waals surface area contributed by atoms with E-state index in [4.69, 9.17) is 4.74 Å². The number of hydrogen-bond acceptors (Lipinski definition) is 3. The van der Waals surface area contributed by atoms with Gasteiger partial charge in [0, 0.05) is 32.2 Å². The minimum atomic E-state index is 0.663. The van der Waals surface area contributed by atoms with E-state index in [9.17, 15) is 0 Å². The zero-order valence-corrected chi connectivity index (χ0v) is 10.7. The van der Waals surface area contributed by atoms with Crippen molar-refractivity contribution in [1.29, 1.82) is 0 Å². The second kappa shape index (κ2) is 6.81. The number of aliphatic imine (C=N–C) groups is 1. The normalized spacial score (nSPS) is 22.5. The fraction of sp³-hybridized carbons (Fsp3) is 0.917. The highest BCUT2D eigenvalue weighted by Crippen LogP contribution is 2.18. The molecule has 0 aromatic rings. The third kappa shape index (κ3) is 4.91. The molecular weight excluding hydrogens is 216 g/mol. The first kappa shape index (κ1) is 12.6. The molecule has 2 N–H and O–H groups in total. The van der Waals surface area contributed by atoms with Crippen LogP contribution in [0.1, 0.15) is 19.8 Å². The van der Waals surface area contributed by atoms with E-state index in [-0.39, 0.29) is 0 Å². The van der Waals surface area contributed by atoms with E-state index in [1.165, 1.54) is 12.8 Å². The van der Waals surface area contributed by atoms with Gasteiger partial charge in [-0.1, -0.05) is 0 Å². The van der Waals surface area contributed by atoms with Crippen LogP contribution < -0.4 is 10.6 Å². The SMILES string of the molecule is CCNC(=NCCN1CCOCC1)NC1CC1. The average molecular weight is 240 g/mol. The summed E-state index contributed by atoms with van der Waals surface area (Å²) in [4.78, 5) is 7.01. The van der Waals surface area contributed by atoms with E-state index in [0.29, 0.717) is 6.04 Å². The Bertz CT molecular complexity index is 247. The summed E-state index contributed by atoms with van der Waals surface area (Å²) in [5.74, 6) is 0.975. The van der Waals surface area contributed by atoms with Gasteiger partial charge >= 0.3 is 0 Å². The van der Waals surface area contributed by atoms with Gasteiger partial charge in [0.1, 0.15) is 0 Å². The highest BCUT2D eigenvalue weighted by Gasteiger charge is 2.22. The van der Waals surface area contributed by atoms with Gasteiger partial charge in [0.15, 0.2) is 5.96 Å². The molecule has 5 nitrogen and oxygen atoms in total. The minimum Gasteiger partial charge on any atom is -0.379 e. The van der Waals surface area contributed by atoms with Crippen LogP contribution >= 0.6 is 0 Å². The largest absolute Gasteiger partial charge is 0.379 e. The Hall–Kier alpha value is -0.810. The molecule has 0 aromatic carbocycles. The molecule has 0 amide bonds. The summed E-state index contributed by atoms with van der Waals surface area (Å²) in [5, 5.41) is 6.71. The molecule has 2 rings (SSSR count). The van der Waals surface area contributed by atoms with Crippen LogP contribution in [-0.2, 0) is 4.74 Å². The molecular formula is C12H24N4O. The molecule has 17 heavy (non-hydrogen) atoms. The number of nitrogens with one attached hydrogen (secondary N) is 2. The summed E-state index contributed by atoms with van der Waals surface area (Å²) in [7, 11) is 0. The van der Waals surface area contributed by atoms with Crippen LogP contribution in [0.5, 0.6) is 0 Å². The Morgan fingerprint density at radius 1 is 1.35 bits per heavy atom. The molecule has 0 radical (unpaired) electrons. The summed E-state index contributed by atoms with van der Waals surface area (Å²) in [6.45, 7) is 8.74. The van der Waals surface area contributed by atoms with Gasteiger partial charge in [-0.05, 0) is 19.8 Å². The first-order valence-electron chi connectivity index (χ1n) is 6.73. The van der Waals surface area contributed by atoms with Gasteiger partial charge in [-0.15, -0.1) is 0 Å². The fourth-order valence-electron chi connectivity index (χ4n) is 1.87. The second-order valence-electron chi connectivity index (χ2n) is 4.63. The lowest BCUT2D eigenvalue weighted by atomic mass is 10.4. The highest BCUT2D eigenvalue weighted by molar-refractivity contribution is 5.80. The highest BCUT2D eigenvalue weighted by atomic mass is 16.5. The standard InChI is InChI=1S/C12H24N4O/c1-2-13-12(15-11-3-4-11)14-5-6-16-7-9-17-10-8-16/h11H,2-10H2,1H3,(H2,13,14,15). The van der Waals surface area contributed by atoms with E-state index in [1.54, 1.807) is 0 Å². The number of rotatable bonds is 5. The third-order valence-corrected chi connectivity index (χ3v) is 3.05. The van der Waals surface area contributed by atoms with Crippen LogP contribution in [0.25, 0.3) is 0 Å². The Morgan fingerprint density at radius 3 is 2.76 bits per heavy atom. The predicted octanol–water partition coefficient (Wildman–Crippen LogP) is 0.0361. The monoisotopic (exact) mass is 240 g/mol. The van der Waals surface area contributed by atoms with Crippen molar-refractivity contribution in [3.05, 3.63) is 0 Å². The van der Waals surface area contributed by atoms with Crippen molar-refractivity contribution in [3.8, 4) is 0 Å². The smallest absolute Gasteiger partial charge is 0.191 e. The fourth-order valence-corrected chi connectivity index (χ4v) is 1.87. The van der Waals surface area contributed by atoms with Crippen LogP contribution in [0.2, 0.25) is 0 Å². The predicted molar refractivity (Wildman–Crippen MR) is 69.4 cm³/mol. The Balaban J connectivity index is 1.67. The van der Waals surface area contributed by atoms with Crippen molar-refractivity contribution in [2.24, 2.45) is 4.99 Å². The summed E-state index contributed by atoms with van der Waals surface area (Å²) >= 11 is 0. The van der Waals surface area contributed by atoms with E-state index in [2.05, 4.69) is 27.4 Å². The topological polar surface area (TPSA) is 48.9 Å². The molecule has 98 valence electrons. The Morgan fingerprint density at radius 2 is 2.12 bits per heavy atom. The van der Waals surface area contributed by atoms with Crippen molar-refractivity contribution in [3.63, 3.8) is 0 Å². The van der Waals surface area contributed by atoms with Gasteiger partial charge in [0.2, 0.25) is 0 Å². The summed E-state index contributed by atoms with van der Waals surface area (Å²) < 4.78 is 5.32. The van der Waals surface area contributed by atoms with Crippen LogP contribution in [-0.4, -0.2) is 62.8 Å². The summed E-state index contributed by atoms with van der Waals surface area (Å²) in [6, 6.07) is 0.663. The first-order valence-corrected chi connectivity index (χ1v) is 6.73. The minimum absolute atomic E-state index is 0.663. The molecule has 1 aliphatic heterocycles. The van der Waals surface area contributed by atoms with Crippen LogP contribution in [0, 0.1) is 0 Å². The molecule has 1 heterocycles. The van der Waals surface area contributed by atoms with Gasteiger partial charge in [0.25, 0.3) is 0 Å². The molecule has 0 bridgehead atoms. The zero-order chi connectivity index (χ0) is 11.9. The van der Waals surface area contributed by atoms with Gasteiger partial charge in [-0.25, -0.2) is 0 Å². The van der Waals surface area contributed by atoms with Crippen LogP contribution in [0.15, 0.2) is 4.99 Å². The van der Waals surface area contributed by atoms with Crippen molar-refractivity contribution in [2.75, 3.05) is 45.9 Å². The molecule has 1 saturated heterocycles. The number of morpholine rings is 1. The van der Waals surface area contributed by atoms with Crippen molar-refractivity contribution in [2.45, 2.75) is 25.8 Å². The van der Waals surface area contributed by atoms with Gasteiger partial charge in [0.05, 0.1) is 19.8 Å². The lowest BCUT2D eigenvalue weighted by Gasteiger charge is -2.25. The molecule has 0 spiro atoms. The maximum absolute atomic E-state index is 5.32. The van der Waals surface area contributed by atoms with Gasteiger partial charge in [-0.3, -0.25) is 9.89 Å². The quantitative estimate of drug-likeness (QED) is 0.526. The summed E-state index contributed by atoms with van der Waals surface area (Å²) in [6.07, 6.45) is 2.57. The maximum Gasteiger partial charge on any atom is 0.191 e. The average Bonchev–Trinajstić information content (AvgIpc) is 3.15. The van der Waals surface area contributed by atoms with Gasteiger partial charge < -0.3 is 15.4 Å². The molecule has 0 atom stereocenters. The Labute approximate surface area is 104 Å². The number of nitrogens with zero attached hydrogens (tertiary/aromatic N) is 2. The van der Waals surface area contributed by atoms with Crippen LogP contribution in [0.3, 0.4) is 0 Å². The van der Waals surface area contributed by atoms with Crippen LogP contribution in [0.4, 0.5) is 0 Å². The molecule has 5 heteroatoms. The van der Waals surface area contributed by atoms with Crippen molar-refractivity contribution >= 4 is 5.96 Å². The summed E-state index contributed by atoms with van der Waals surface area (Å²) in [5.41, 5.74) is 0. The van der Waals surface area contributed by atoms with Crippen molar-refractivity contribution in [1.82, 2.24) is 15.5 Å². The van der Waals surface area contributed by atoms with E-state index < -0.39 is 0 Å². The molecule has 2 aliphatic rings. The van der Waals surface area contributed by atoms with E-state index in [0.717, 1.165) is 51.9 Å². The second-order valence-corrected chi connectivity index (χ2v) is 4.63. The van der Waals surface area contributed by atoms with E-state index >= 15 is 0 Å². The lowest BCUT2D eigenvalue weighted by molar-refractivity contribution is 0.0394. The molecule has 0 aromatic heterocycles. The number of ether oxygens (including phenoxy) is 1. The molecule has 2 fully saturated rings. The zero-order valence-electron chi connectivity index (χ0n) is 10.7. The molecule has 1 aliphatic carbocycles. The number of hydrogen-bond donors (Lipinski definition) is 2. The van der Waals surface area contributed by atoms with Gasteiger partial charge in [-0.2, -0.15) is 0 Å². The molecule has 1 saturated carbocycles.